The summed E-state index contributed by atoms with van der Waals surface area (Å²) in [5, 5.41) is 11.1. The van der Waals surface area contributed by atoms with Crippen molar-refractivity contribution in [3.63, 3.8) is 0 Å². The molecule has 2 atom stereocenters. The van der Waals surface area contributed by atoms with Crippen molar-refractivity contribution in [1.82, 2.24) is 20.4 Å². The van der Waals surface area contributed by atoms with E-state index in [0.717, 1.165) is 19.0 Å². The molecule has 0 spiro atoms. The van der Waals surface area contributed by atoms with E-state index in [2.05, 4.69) is 41.5 Å². The van der Waals surface area contributed by atoms with Crippen molar-refractivity contribution in [3.05, 3.63) is 18.5 Å². The number of hydrogen-bond acceptors (Lipinski definition) is 2. The lowest BCUT2D eigenvalue weighted by Crippen LogP contribution is -2.44. The van der Waals surface area contributed by atoms with Gasteiger partial charge in [-0.05, 0) is 25.3 Å². The molecular formula is C16H32IN5. The highest BCUT2D eigenvalue weighted by Crippen LogP contribution is 2.03. The van der Waals surface area contributed by atoms with E-state index >= 15 is 0 Å². The maximum absolute atomic E-state index is 4.30. The summed E-state index contributed by atoms with van der Waals surface area (Å²) in [7, 11) is 1.83. The van der Waals surface area contributed by atoms with Crippen LogP contribution in [-0.4, -0.2) is 35.4 Å². The summed E-state index contributed by atoms with van der Waals surface area (Å²) in [4.78, 5) is 4.30. The van der Waals surface area contributed by atoms with Gasteiger partial charge < -0.3 is 10.6 Å². The molecule has 1 aromatic heterocycles. The summed E-state index contributed by atoms with van der Waals surface area (Å²) in [6.07, 6.45) is 8.86. The van der Waals surface area contributed by atoms with Gasteiger partial charge in [-0.1, -0.05) is 33.1 Å². The number of guanidine groups is 1. The molecule has 6 heteroatoms. The van der Waals surface area contributed by atoms with Crippen LogP contribution in [0.3, 0.4) is 0 Å². The monoisotopic (exact) mass is 421 g/mol. The van der Waals surface area contributed by atoms with Crippen LogP contribution in [0.25, 0.3) is 0 Å². The fourth-order valence-electron chi connectivity index (χ4n) is 2.26. The van der Waals surface area contributed by atoms with Crippen LogP contribution in [0.2, 0.25) is 0 Å². The Hall–Kier alpha value is -0.790. The van der Waals surface area contributed by atoms with Crippen LogP contribution in [-0.2, 0) is 6.54 Å². The van der Waals surface area contributed by atoms with Crippen LogP contribution in [0.1, 0.15) is 46.5 Å². The van der Waals surface area contributed by atoms with E-state index in [1.165, 1.54) is 25.7 Å². The smallest absolute Gasteiger partial charge is 0.191 e. The first kappa shape index (κ1) is 21.2. The van der Waals surface area contributed by atoms with Crippen LogP contribution in [0, 0.1) is 5.92 Å². The molecule has 5 nitrogen and oxygen atoms in total. The van der Waals surface area contributed by atoms with Crippen molar-refractivity contribution in [3.8, 4) is 0 Å². The molecule has 0 aromatic carbocycles. The molecule has 2 N–H and O–H groups in total. The molecule has 2 unspecified atom stereocenters. The second-order valence-corrected chi connectivity index (χ2v) is 5.83. The van der Waals surface area contributed by atoms with Gasteiger partial charge in [-0.2, -0.15) is 5.10 Å². The van der Waals surface area contributed by atoms with Crippen LogP contribution in [0.5, 0.6) is 0 Å². The summed E-state index contributed by atoms with van der Waals surface area (Å²) in [5.41, 5.74) is 0. The van der Waals surface area contributed by atoms with E-state index in [4.69, 9.17) is 0 Å². The highest BCUT2D eigenvalue weighted by Gasteiger charge is 2.07. The van der Waals surface area contributed by atoms with Gasteiger partial charge in [0.2, 0.25) is 0 Å². The molecule has 22 heavy (non-hydrogen) atoms. The molecule has 0 aliphatic rings. The maximum atomic E-state index is 4.30. The van der Waals surface area contributed by atoms with Gasteiger partial charge in [0, 0.05) is 38.6 Å². The van der Waals surface area contributed by atoms with Gasteiger partial charge in [-0.15, -0.1) is 24.0 Å². The summed E-state index contributed by atoms with van der Waals surface area (Å²) >= 11 is 0. The van der Waals surface area contributed by atoms with E-state index in [0.29, 0.717) is 12.0 Å². The first-order valence-corrected chi connectivity index (χ1v) is 8.10. The van der Waals surface area contributed by atoms with Gasteiger partial charge >= 0.3 is 0 Å². The molecule has 0 radical (unpaired) electrons. The second kappa shape index (κ2) is 12.7. The zero-order chi connectivity index (χ0) is 15.5. The number of aliphatic imine (C=N–C) groups is 1. The fourth-order valence-corrected chi connectivity index (χ4v) is 2.26. The lowest BCUT2D eigenvalue weighted by Gasteiger charge is -2.20. The quantitative estimate of drug-likeness (QED) is 0.279. The summed E-state index contributed by atoms with van der Waals surface area (Å²) < 4.78 is 1.97. The number of aromatic nitrogens is 2. The Bertz CT molecular complexity index is 391. The highest BCUT2D eigenvalue weighted by molar-refractivity contribution is 14.0. The van der Waals surface area contributed by atoms with E-state index in [1.54, 1.807) is 0 Å². The normalized spacial score (nSPS) is 14.1. The maximum Gasteiger partial charge on any atom is 0.191 e. The van der Waals surface area contributed by atoms with E-state index in [-0.39, 0.29) is 24.0 Å². The van der Waals surface area contributed by atoms with Gasteiger partial charge in [0.05, 0.1) is 0 Å². The van der Waals surface area contributed by atoms with Crippen molar-refractivity contribution in [2.24, 2.45) is 10.9 Å². The van der Waals surface area contributed by atoms with Gasteiger partial charge in [0.15, 0.2) is 5.96 Å². The minimum Gasteiger partial charge on any atom is -0.356 e. The van der Waals surface area contributed by atoms with Gasteiger partial charge in [-0.25, -0.2) is 0 Å². The Balaban J connectivity index is 0.00000441. The molecule has 128 valence electrons. The Morgan fingerprint density at radius 2 is 2.09 bits per heavy atom. The lowest BCUT2D eigenvalue weighted by molar-refractivity contribution is 0.441. The first-order chi connectivity index (χ1) is 10.2. The molecule has 1 rings (SSSR count). The molecule has 1 heterocycles. The fraction of sp³-hybridized carbons (Fsp3) is 0.750. The molecule has 0 aliphatic heterocycles. The van der Waals surface area contributed by atoms with E-state index < -0.39 is 0 Å². The van der Waals surface area contributed by atoms with Crippen molar-refractivity contribution in [2.75, 3.05) is 13.6 Å². The van der Waals surface area contributed by atoms with E-state index in [1.807, 2.05) is 30.2 Å². The van der Waals surface area contributed by atoms with E-state index in [9.17, 15) is 0 Å². The summed E-state index contributed by atoms with van der Waals surface area (Å²) in [6.45, 7) is 8.48. The highest BCUT2D eigenvalue weighted by atomic mass is 127. The topological polar surface area (TPSA) is 54.2 Å². The summed E-state index contributed by atoms with van der Waals surface area (Å²) in [6, 6.07) is 2.42. The Morgan fingerprint density at radius 1 is 1.32 bits per heavy atom. The van der Waals surface area contributed by atoms with Crippen molar-refractivity contribution in [2.45, 2.75) is 59.0 Å². The molecule has 0 amide bonds. The van der Waals surface area contributed by atoms with Crippen LogP contribution >= 0.6 is 24.0 Å². The van der Waals surface area contributed by atoms with Crippen molar-refractivity contribution < 1.29 is 0 Å². The number of rotatable bonds is 9. The van der Waals surface area contributed by atoms with Gasteiger partial charge in [-0.3, -0.25) is 9.67 Å². The average Bonchev–Trinajstić information content (AvgIpc) is 2.96. The molecule has 0 bridgehead atoms. The number of nitrogens with zero attached hydrogens (tertiary/aromatic N) is 3. The van der Waals surface area contributed by atoms with Crippen molar-refractivity contribution in [1.29, 1.82) is 0 Å². The number of unbranched alkanes of at least 4 members (excludes halogenated alkanes) is 2. The molecule has 0 fully saturated rings. The van der Waals surface area contributed by atoms with Crippen LogP contribution in [0.4, 0.5) is 0 Å². The third kappa shape index (κ3) is 9.27. The Morgan fingerprint density at radius 3 is 2.68 bits per heavy atom. The summed E-state index contributed by atoms with van der Waals surface area (Å²) in [5.74, 6) is 1.39. The number of hydrogen-bond donors (Lipinski definition) is 2. The molecule has 0 saturated heterocycles. The molecule has 1 aromatic rings. The molecule has 0 aliphatic carbocycles. The molecule has 0 saturated carbocycles. The predicted octanol–water partition coefficient (Wildman–Crippen LogP) is 3.27. The predicted molar refractivity (Wildman–Crippen MR) is 105 cm³/mol. The van der Waals surface area contributed by atoms with Crippen LogP contribution in [0.15, 0.2) is 23.5 Å². The van der Waals surface area contributed by atoms with Gasteiger partial charge in [0.1, 0.15) is 0 Å². The zero-order valence-electron chi connectivity index (χ0n) is 14.4. The Kier molecular flexibility index (Phi) is 12.3. The zero-order valence-corrected chi connectivity index (χ0v) is 16.7. The third-order valence-corrected chi connectivity index (χ3v) is 3.52. The SMILES string of the molecule is CCCCCC(C)NC(=NC)NCC(C)Cn1cccn1.I. The van der Waals surface area contributed by atoms with Crippen molar-refractivity contribution >= 4 is 29.9 Å². The largest absolute Gasteiger partial charge is 0.356 e. The first-order valence-electron chi connectivity index (χ1n) is 8.10. The Labute approximate surface area is 152 Å². The molecular weight excluding hydrogens is 389 g/mol. The minimum absolute atomic E-state index is 0. The third-order valence-electron chi connectivity index (χ3n) is 3.52. The number of nitrogens with one attached hydrogen (secondary N) is 2. The minimum atomic E-state index is 0. The average molecular weight is 421 g/mol. The second-order valence-electron chi connectivity index (χ2n) is 5.83. The van der Waals surface area contributed by atoms with Crippen LogP contribution < -0.4 is 10.6 Å². The number of halogens is 1. The lowest BCUT2D eigenvalue weighted by atomic mass is 10.1. The van der Waals surface area contributed by atoms with Gasteiger partial charge in [0.25, 0.3) is 0 Å². The standard InChI is InChI=1S/C16H31N5.HI/c1-5-6-7-9-15(3)20-16(17-4)18-12-14(2)13-21-11-8-10-19-21;/h8,10-11,14-15H,5-7,9,12-13H2,1-4H3,(H2,17,18,20);1H.